The first kappa shape index (κ1) is 29.7. The van der Waals surface area contributed by atoms with E-state index in [0.717, 1.165) is 10.5 Å². The van der Waals surface area contributed by atoms with E-state index in [4.69, 9.17) is 23.2 Å². The third-order valence-electron chi connectivity index (χ3n) is 6.80. The van der Waals surface area contributed by atoms with Gasteiger partial charge in [-0.2, -0.15) is 0 Å². The molecule has 3 aromatic rings. The fourth-order valence-electron chi connectivity index (χ4n) is 4.55. The minimum absolute atomic E-state index is 0.0789. The average molecular weight is 602 g/mol. The summed E-state index contributed by atoms with van der Waals surface area (Å²) >= 11 is 14.1. The quantitative estimate of drug-likeness (QED) is 0.250. The van der Waals surface area contributed by atoms with Gasteiger partial charge in [-0.3, -0.25) is 9.59 Å². The van der Waals surface area contributed by atoms with Crippen LogP contribution in [0.15, 0.2) is 66.0 Å². The summed E-state index contributed by atoms with van der Waals surface area (Å²) in [6, 6.07) is 12.4. The number of imidazole rings is 1. The van der Waals surface area contributed by atoms with Crippen molar-refractivity contribution in [1.82, 2.24) is 19.8 Å². The second-order valence-corrected chi connectivity index (χ2v) is 11.1. The first-order valence-corrected chi connectivity index (χ1v) is 14.8. The monoisotopic (exact) mass is 600 g/mol. The maximum atomic E-state index is 12.9. The van der Waals surface area contributed by atoms with Crippen LogP contribution in [-0.4, -0.2) is 62.7 Å². The third-order valence-corrected chi connectivity index (χ3v) is 8.59. The summed E-state index contributed by atoms with van der Waals surface area (Å²) in [7, 11) is 0. The van der Waals surface area contributed by atoms with Gasteiger partial charge in [-0.15, -0.1) is 11.8 Å². The van der Waals surface area contributed by atoms with E-state index in [1.54, 1.807) is 23.5 Å². The smallest absolute Gasteiger partial charge is 0.326 e. The molecular formula is C29H30Cl2N4O4S. The number of carbonyl (C=O) groups is 3. The fourth-order valence-corrected chi connectivity index (χ4v) is 5.73. The number of aromatic nitrogens is 2. The van der Waals surface area contributed by atoms with Crippen LogP contribution < -0.4 is 5.32 Å². The van der Waals surface area contributed by atoms with Crippen molar-refractivity contribution < 1.29 is 19.5 Å². The molecule has 2 amide bonds. The highest BCUT2D eigenvalue weighted by Crippen LogP contribution is 2.35. The molecule has 1 saturated heterocycles. The molecule has 2 aromatic carbocycles. The Morgan fingerprint density at radius 1 is 1.12 bits per heavy atom. The summed E-state index contributed by atoms with van der Waals surface area (Å²) in [6.45, 7) is 1.40. The maximum Gasteiger partial charge on any atom is 0.326 e. The maximum absolute atomic E-state index is 12.9. The minimum Gasteiger partial charge on any atom is -0.480 e. The molecule has 0 bridgehead atoms. The molecule has 0 saturated carbocycles. The van der Waals surface area contributed by atoms with E-state index in [1.165, 1.54) is 17.8 Å². The van der Waals surface area contributed by atoms with Crippen LogP contribution in [0, 0.1) is 5.92 Å². The number of aliphatic carboxylic acids is 1. The fraction of sp³-hybridized carbons (Fsp3) is 0.310. The van der Waals surface area contributed by atoms with E-state index < -0.39 is 12.0 Å². The first-order chi connectivity index (χ1) is 19.2. The van der Waals surface area contributed by atoms with Crippen molar-refractivity contribution in [2.75, 3.05) is 19.3 Å². The molecular weight excluding hydrogens is 571 g/mol. The molecule has 1 aromatic heterocycles. The minimum atomic E-state index is -1.12. The lowest BCUT2D eigenvalue weighted by Crippen LogP contribution is -2.48. The standard InChI is InChI=1S/C29H30Cl2N4O4S/c1-40-24-9-7-20(26(30)27(24)31)8-10-25(36)35-13-11-21(12-14-35)28(37)33-23(29(38)39)15-22-17-34(18-32-22)16-19-5-3-2-4-6-19/h2-10,17-18,21,23H,11-16H2,1H3,(H,33,37)(H,38,39)/b10-8+. The van der Waals surface area contributed by atoms with E-state index in [2.05, 4.69) is 10.3 Å². The Kier molecular flexibility index (Phi) is 10.3. The molecule has 1 unspecified atom stereocenters. The van der Waals surface area contributed by atoms with Gasteiger partial charge in [0.2, 0.25) is 11.8 Å². The lowest BCUT2D eigenvalue weighted by Gasteiger charge is -2.31. The number of piperidine rings is 1. The number of carbonyl (C=O) groups excluding carboxylic acids is 2. The first-order valence-electron chi connectivity index (χ1n) is 12.8. The van der Waals surface area contributed by atoms with Crippen LogP contribution in [-0.2, 0) is 27.3 Å². The number of likely N-dealkylation sites (tertiary alicyclic amines) is 1. The molecule has 1 fully saturated rings. The Balaban J connectivity index is 1.28. The van der Waals surface area contributed by atoms with Crippen molar-refractivity contribution in [2.24, 2.45) is 5.92 Å². The second kappa shape index (κ2) is 13.9. The topological polar surface area (TPSA) is 105 Å². The van der Waals surface area contributed by atoms with E-state index in [0.29, 0.717) is 53.8 Å². The van der Waals surface area contributed by atoms with E-state index in [1.807, 2.05) is 53.3 Å². The highest BCUT2D eigenvalue weighted by atomic mass is 35.5. The Morgan fingerprint density at radius 2 is 1.85 bits per heavy atom. The van der Waals surface area contributed by atoms with Crippen molar-refractivity contribution in [3.8, 4) is 0 Å². The Labute approximate surface area is 247 Å². The van der Waals surface area contributed by atoms with E-state index in [9.17, 15) is 19.5 Å². The number of amides is 2. The molecule has 1 aliphatic heterocycles. The molecule has 8 nitrogen and oxygen atoms in total. The van der Waals surface area contributed by atoms with Gasteiger partial charge in [0.1, 0.15) is 6.04 Å². The van der Waals surface area contributed by atoms with Crippen LogP contribution in [0.2, 0.25) is 10.0 Å². The molecule has 2 N–H and O–H groups in total. The Hall–Kier alpha value is -3.27. The number of nitrogens with one attached hydrogen (secondary N) is 1. The molecule has 0 radical (unpaired) electrons. The van der Waals surface area contributed by atoms with Gasteiger partial charge < -0.3 is 19.9 Å². The zero-order valence-corrected chi connectivity index (χ0v) is 24.3. The van der Waals surface area contributed by atoms with Gasteiger partial charge in [-0.05, 0) is 42.4 Å². The van der Waals surface area contributed by atoms with Crippen LogP contribution in [0.1, 0.15) is 29.7 Å². The van der Waals surface area contributed by atoms with E-state index in [-0.39, 0.29) is 24.2 Å². The number of hydrogen-bond donors (Lipinski definition) is 2. The Morgan fingerprint density at radius 3 is 2.52 bits per heavy atom. The predicted molar refractivity (Wildman–Crippen MR) is 158 cm³/mol. The summed E-state index contributed by atoms with van der Waals surface area (Å²) in [5.74, 6) is -2.01. The van der Waals surface area contributed by atoms with Crippen LogP contribution >= 0.6 is 35.0 Å². The molecule has 11 heteroatoms. The summed E-state index contributed by atoms with van der Waals surface area (Å²) in [6.07, 6.45) is 9.42. The summed E-state index contributed by atoms with van der Waals surface area (Å²) in [5, 5.41) is 13.2. The largest absolute Gasteiger partial charge is 0.480 e. The van der Waals surface area contributed by atoms with Gasteiger partial charge in [0.25, 0.3) is 0 Å². The van der Waals surface area contributed by atoms with Crippen LogP contribution in [0.25, 0.3) is 6.08 Å². The number of carboxylic acids is 1. The zero-order valence-electron chi connectivity index (χ0n) is 21.9. The molecule has 4 rings (SSSR count). The van der Waals surface area contributed by atoms with Gasteiger partial charge in [0.05, 0.1) is 22.1 Å². The molecule has 0 spiro atoms. The summed E-state index contributed by atoms with van der Waals surface area (Å²) in [4.78, 5) is 44.4. The van der Waals surface area contributed by atoms with Gasteiger partial charge in [-0.25, -0.2) is 9.78 Å². The number of thioether (sulfide) groups is 1. The summed E-state index contributed by atoms with van der Waals surface area (Å²) < 4.78 is 1.88. The van der Waals surface area contributed by atoms with Gasteiger partial charge >= 0.3 is 5.97 Å². The number of halogens is 2. The number of benzene rings is 2. The zero-order chi connectivity index (χ0) is 28.6. The SMILES string of the molecule is CSc1ccc(/C=C/C(=O)N2CCC(C(=O)NC(Cc3cn(Cc4ccccc4)cn3)C(=O)O)CC2)c(Cl)c1Cl. The van der Waals surface area contributed by atoms with Crippen molar-refractivity contribution >= 4 is 58.8 Å². The second-order valence-electron chi connectivity index (χ2n) is 9.54. The molecule has 40 heavy (non-hydrogen) atoms. The predicted octanol–water partition coefficient (Wildman–Crippen LogP) is 5.02. The lowest BCUT2D eigenvalue weighted by molar-refractivity contribution is -0.142. The highest BCUT2D eigenvalue weighted by Gasteiger charge is 2.30. The van der Waals surface area contributed by atoms with Crippen molar-refractivity contribution in [3.05, 3.63) is 87.9 Å². The van der Waals surface area contributed by atoms with E-state index >= 15 is 0 Å². The third kappa shape index (κ3) is 7.68. The van der Waals surface area contributed by atoms with Crippen molar-refractivity contribution in [1.29, 1.82) is 0 Å². The molecule has 2 heterocycles. The number of carboxylic acid groups (broad SMARTS) is 1. The van der Waals surface area contributed by atoms with Crippen LogP contribution in [0.3, 0.4) is 0 Å². The van der Waals surface area contributed by atoms with Crippen LogP contribution in [0.4, 0.5) is 0 Å². The molecule has 1 atom stereocenters. The molecule has 0 aliphatic carbocycles. The van der Waals surface area contributed by atoms with Crippen LogP contribution in [0.5, 0.6) is 0 Å². The summed E-state index contributed by atoms with van der Waals surface area (Å²) in [5.41, 5.74) is 2.34. The van der Waals surface area contributed by atoms with Gasteiger partial charge in [0.15, 0.2) is 0 Å². The highest BCUT2D eigenvalue weighted by molar-refractivity contribution is 7.98. The average Bonchev–Trinajstić information content (AvgIpc) is 3.40. The number of rotatable bonds is 10. The van der Waals surface area contributed by atoms with Crippen molar-refractivity contribution in [2.45, 2.75) is 36.7 Å². The normalized spacial score (nSPS) is 14.8. The molecule has 1 aliphatic rings. The van der Waals surface area contributed by atoms with Gasteiger partial charge in [0, 0.05) is 49.1 Å². The van der Waals surface area contributed by atoms with Crippen molar-refractivity contribution in [3.63, 3.8) is 0 Å². The molecule has 210 valence electrons. The number of hydrogen-bond acceptors (Lipinski definition) is 5. The Bertz CT molecular complexity index is 1390. The lowest BCUT2D eigenvalue weighted by atomic mass is 9.95. The van der Waals surface area contributed by atoms with Gasteiger partial charge in [-0.1, -0.05) is 59.6 Å². The number of nitrogens with zero attached hydrogens (tertiary/aromatic N) is 3.